The lowest BCUT2D eigenvalue weighted by atomic mass is 9.84. The summed E-state index contributed by atoms with van der Waals surface area (Å²) in [6.07, 6.45) is 1.76. The molecule has 2 aliphatic rings. The van der Waals surface area contributed by atoms with Crippen LogP contribution in [0.2, 0.25) is 0 Å². The number of benzene rings is 3. The molecule has 0 unspecified atom stereocenters. The Balaban J connectivity index is 1.59. The van der Waals surface area contributed by atoms with Crippen molar-refractivity contribution in [3.63, 3.8) is 0 Å². The minimum atomic E-state index is -0.379. The lowest BCUT2D eigenvalue weighted by Crippen LogP contribution is -2.22. The van der Waals surface area contributed by atoms with E-state index in [2.05, 4.69) is 0 Å². The molecule has 2 aliphatic heterocycles. The molecule has 0 amide bonds. The maximum atomic E-state index is 13.2. The highest BCUT2D eigenvalue weighted by molar-refractivity contribution is 6.15. The predicted molar refractivity (Wildman–Crippen MR) is 124 cm³/mol. The Kier molecular flexibility index (Phi) is 5.45. The van der Waals surface area contributed by atoms with E-state index in [0.29, 0.717) is 39.9 Å². The summed E-state index contributed by atoms with van der Waals surface area (Å²) in [6.45, 7) is 0. The number of ketones is 1. The second kappa shape index (κ2) is 8.59. The van der Waals surface area contributed by atoms with Crippen molar-refractivity contribution in [3.05, 3.63) is 82.6 Å². The minimum absolute atomic E-state index is 0.107. The SMILES string of the molecule is COc1ccc(/C=C2\Oc3c(ccc4c3[C@H](c3ccccc3OC)CC(=O)O4)C2=O)cc1OC. The van der Waals surface area contributed by atoms with Crippen molar-refractivity contribution in [2.24, 2.45) is 0 Å². The fourth-order valence-electron chi connectivity index (χ4n) is 4.42. The number of hydrogen-bond acceptors (Lipinski definition) is 7. The van der Waals surface area contributed by atoms with Crippen molar-refractivity contribution in [1.29, 1.82) is 0 Å². The van der Waals surface area contributed by atoms with Crippen LogP contribution in [-0.2, 0) is 4.79 Å². The first-order valence-electron chi connectivity index (χ1n) is 10.7. The van der Waals surface area contributed by atoms with Gasteiger partial charge in [-0.2, -0.15) is 0 Å². The van der Waals surface area contributed by atoms with E-state index < -0.39 is 0 Å². The highest BCUT2D eigenvalue weighted by atomic mass is 16.5. The second-order valence-electron chi connectivity index (χ2n) is 7.88. The molecule has 0 fully saturated rings. The summed E-state index contributed by atoms with van der Waals surface area (Å²) in [4.78, 5) is 25.6. The van der Waals surface area contributed by atoms with Crippen molar-refractivity contribution >= 4 is 17.8 Å². The molecule has 0 saturated carbocycles. The van der Waals surface area contributed by atoms with E-state index in [-0.39, 0.29) is 29.9 Å². The summed E-state index contributed by atoms with van der Waals surface area (Å²) >= 11 is 0. The number of carbonyl (C=O) groups is 2. The summed E-state index contributed by atoms with van der Waals surface area (Å²) in [5.74, 6) is 1.75. The first kappa shape index (κ1) is 21.6. The number of ether oxygens (including phenoxy) is 5. The Morgan fingerprint density at radius 2 is 1.62 bits per heavy atom. The number of fused-ring (bicyclic) bond motifs is 3. The third kappa shape index (κ3) is 3.55. The molecule has 7 nitrogen and oxygen atoms in total. The smallest absolute Gasteiger partial charge is 0.312 e. The molecule has 0 saturated heterocycles. The molecule has 0 spiro atoms. The van der Waals surface area contributed by atoms with Gasteiger partial charge in [-0.05, 0) is 42.0 Å². The number of allylic oxidation sites excluding steroid dienone is 1. The van der Waals surface area contributed by atoms with E-state index in [1.54, 1.807) is 51.7 Å². The number of para-hydroxylation sites is 1. The maximum Gasteiger partial charge on any atom is 0.312 e. The molecule has 2 heterocycles. The maximum absolute atomic E-state index is 13.2. The van der Waals surface area contributed by atoms with Crippen molar-refractivity contribution in [1.82, 2.24) is 0 Å². The van der Waals surface area contributed by atoms with E-state index in [4.69, 9.17) is 23.7 Å². The van der Waals surface area contributed by atoms with Gasteiger partial charge < -0.3 is 23.7 Å². The lowest BCUT2D eigenvalue weighted by Gasteiger charge is -2.27. The van der Waals surface area contributed by atoms with Crippen LogP contribution < -0.4 is 23.7 Å². The number of carbonyl (C=O) groups excluding carboxylic acids is 2. The average Bonchev–Trinajstić information content (AvgIpc) is 3.18. The molecule has 0 aliphatic carbocycles. The van der Waals surface area contributed by atoms with Gasteiger partial charge in [-0.3, -0.25) is 9.59 Å². The van der Waals surface area contributed by atoms with E-state index in [1.165, 1.54) is 0 Å². The predicted octanol–water partition coefficient (Wildman–Crippen LogP) is 4.77. The van der Waals surface area contributed by atoms with E-state index >= 15 is 0 Å². The van der Waals surface area contributed by atoms with Crippen LogP contribution in [0, 0.1) is 0 Å². The molecule has 0 N–H and O–H groups in total. The summed E-state index contributed by atoms with van der Waals surface area (Å²) in [7, 11) is 4.69. The van der Waals surface area contributed by atoms with Gasteiger partial charge in [0.1, 0.15) is 17.2 Å². The molecule has 34 heavy (non-hydrogen) atoms. The fourth-order valence-corrected chi connectivity index (χ4v) is 4.42. The van der Waals surface area contributed by atoms with Crippen LogP contribution in [0.25, 0.3) is 6.08 Å². The molecule has 172 valence electrons. The molecule has 5 rings (SSSR count). The zero-order valence-electron chi connectivity index (χ0n) is 18.9. The van der Waals surface area contributed by atoms with Crippen LogP contribution in [0.15, 0.2) is 60.4 Å². The van der Waals surface area contributed by atoms with Crippen LogP contribution in [0.5, 0.6) is 28.7 Å². The molecule has 7 heteroatoms. The second-order valence-corrected chi connectivity index (χ2v) is 7.88. The monoisotopic (exact) mass is 458 g/mol. The van der Waals surface area contributed by atoms with Crippen molar-refractivity contribution in [2.75, 3.05) is 21.3 Å². The van der Waals surface area contributed by atoms with Gasteiger partial charge in [0.15, 0.2) is 17.3 Å². The Morgan fingerprint density at radius 1 is 0.853 bits per heavy atom. The standard InChI is InChI=1S/C27H22O7/c1-30-19-7-5-4-6-16(19)18-14-24(28)33-21-11-9-17-26(29)23(34-27(17)25(18)21)13-15-8-10-20(31-2)22(12-15)32-3/h4-13,18H,14H2,1-3H3/b23-13-/t18-/m0/s1. The molecule has 3 aromatic rings. The Morgan fingerprint density at radius 3 is 2.38 bits per heavy atom. The number of rotatable bonds is 5. The minimum Gasteiger partial charge on any atom is -0.496 e. The molecular weight excluding hydrogens is 436 g/mol. The Labute approximate surface area is 196 Å². The molecule has 0 radical (unpaired) electrons. The fraction of sp³-hybridized carbons (Fsp3) is 0.185. The topological polar surface area (TPSA) is 80.3 Å². The normalized spacial score (nSPS) is 17.5. The third-order valence-electron chi connectivity index (χ3n) is 6.00. The first-order valence-corrected chi connectivity index (χ1v) is 10.7. The summed E-state index contributed by atoms with van der Waals surface area (Å²) < 4.78 is 27.8. The van der Waals surface area contributed by atoms with Gasteiger partial charge in [0, 0.05) is 17.0 Å². The van der Waals surface area contributed by atoms with Crippen molar-refractivity contribution in [3.8, 4) is 28.7 Å². The number of Topliss-reactive ketones (excluding diaryl/α,β-unsaturated/α-hetero) is 1. The Hall–Kier alpha value is -4.26. The van der Waals surface area contributed by atoms with Gasteiger partial charge in [0.2, 0.25) is 5.78 Å². The van der Waals surface area contributed by atoms with Gasteiger partial charge >= 0.3 is 5.97 Å². The molecule has 0 aromatic heterocycles. The highest BCUT2D eigenvalue weighted by Crippen LogP contribution is 2.50. The summed E-state index contributed by atoms with van der Waals surface area (Å²) in [5, 5.41) is 0. The number of methoxy groups -OCH3 is 3. The average molecular weight is 458 g/mol. The van der Waals surface area contributed by atoms with Gasteiger partial charge in [-0.1, -0.05) is 24.3 Å². The van der Waals surface area contributed by atoms with Gasteiger partial charge in [0.05, 0.1) is 33.3 Å². The van der Waals surface area contributed by atoms with E-state index in [9.17, 15) is 9.59 Å². The molecule has 1 atom stereocenters. The van der Waals surface area contributed by atoms with E-state index in [1.807, 2.05) is 30.3 Å². The van der Waals surface area contributed by atoms with Gasteiger partial charge in [-0.15, -0.1) is 0 Å². The lowest BCUT2D eigenvalue weighted by molar-refractivity contribution is -0.135. The quantitative estimate of drug-likeness (QED) is 0.310. The largest absolute Gasteiger partial charge is 0.496 e. The zero-order valence-corrected chi connectivity index (χ0v) is 18.9. The van der Waals surface area contributed by atoms with Crippen molar-refractivity contribution in [2.45, 2.75) is 12.3 Å². The highest BCUT2D eigenvalue weighted by Gasteiger charge is 2.39. The van der Waals surface area contributed by atoms with Gasteiger partial charge in [0.25, 0.3) is 0 Å². The van der Waals surface area contributed by atoms with Crippen LogP contribution in [0.4, 0.5) is 0 Å². The van der Waals surface area contributed by atoms with Crippen molar-refractivity contribution < 1.29 is 33.3 Å². The first-order chi connectivity index (χ1) is 16.5. The zero-order chi connectivity index (χ0) is 23.8. The third-order valence-corrected chi connectivity index (χ3v) is 6.00. The number of esters is 1. The Bertz CT molecular complexity index is 1340. The molecular formula is C27H22O7. The van der Waals surface area contributed by atoms with Gasteiger partial charge in [-0.25, -0.2) is 0 Å². The summed E-state index contributed by atoms with van der Waals surface area (Å²) in [5.41, 5.74) is 2.62. The van der Waals surface area contributed by atoms with E-state index in [0.717, 1.165) is 11.1 Å². The van der Waals surface area contributed by atoms with Crippen LogP contribution in [0.1, 0.15) is 39.4 Å². The van der Waals surface area contributed by atoms with Crippen LogP contribution in [0.3, 0.4) is 0 Å². The summed E-state index contributed by atoms with van der Waals surface area (Å²) in [6, 6.07) is 16.1. The molecule has 0 bridgehead atoms. The molecule has 3 aromatic carbocycles. The number of hydrogen-bond donors (Lipinski definition) is 0. The van der Waals surface area contributed by atoms with Crippen LogP contribution in [-0.4, -0.2) is 33.1 Å². The van der Waals surface area contributed by atoms with Crippen LogP contribution >= 0.6 is 0 Å².